The van der Waals surface area contributed by atoms with Crippen LogP contribution in [0.15, 0.2) is 261 Å². The molecule has 0 saturated heterocycles. The Bertz CT molecular complexity index is 3210. The van der Waals surface area contributed by atoms with Gasteiger partial charge in [-0.1, -0.05) is 189 Å². The van der Waals surface area contributed by atoms with Gasteiger partial charge in [0.25, 0.3) is 0 Å². The van der Waals surface area contributed by atoms with Gasteiger partial charge in [-0.05, 0) is 186 Å². The Morgan fingerprint density at radius 2 is 1.11 bits per heavy atom. The fraction of sp³-hybridized carbons (Fsp3) is 0.171. The van der Waals surface area contributed by atoms with Crippen LogP contribution in [0.25, 0.3) is 17.2 Å². The van der Waals surface area contributed by atoms with Crippen molar-refractivity contribution in [2.24, 2.45) is 5.92 Å². The summed E-state index contributed by atoms with van der Waals surface area (Å²) in [6.07, 6.45) is 39.5. The summed E-state index contributed by atoms with van der Waals surface area (Å²) in [5.74, 6) is 0.809. The van der Waals surface area contributed by atoms with Crippen LogP contribution < -0.4 is 9.80 Å². The van der Waals surface area contributed by atoms with Crippen LogP contribution in [0.4, 0.5) is 28.4 Å². The molecule has 0 aliphatic heterocycles. The predicted octanol–water partition coefficient (Wildman–Crippen LogP) is 18.9. The SMILES string of the molecule is C=CC=Cc1cccc(C(c2ccc(N(c3ccccc3)c3ccc(-c4ccc(N(C5=CCCC=C5)c5ccc(C(C6=CCCC=C6)c6ccc7c(c6)CCCC7)cc5)cc4)cc3)cc2)C2C=CC=CC2)c1. The van der Waals surface area contributed by atoms with E-state index in [2.05, 4.69) is 253 Å². The van der Waals surface area contributed by atoms with Crippen molar-refractivity contribution in [3.63, 3.8) is 0 Å². The first-order valence-corrected chi connectivity index (χ1v) is 26.3. The van der Waals surface area contributed by atoms with Gasteiger partial charge in [0, 0.05) is 46.0 Å². The van der Waals surface area contributed by atoms with Crippen molar-refractivity contribution in [2.45, 2.75) is 69.6 Å². The van der Waals surface area contributed by atoms with Gasteiger partial charge in [-0.15, -0.1) is 0 Å². The summed E-state index contributed by atoms with van der Waals surface area (Å²) in [5, 5.41) is 0. The van der Waals surface area contributed by atoms with E-state index in [4.69, 9.17) is 0 Å². The zero-order chi connectivity index (χ0) is 48.5. The summed E-state index contributed by atoms with van der Waals surface area (Å²) >= 11 is 0. The summed E-state index contributed by atoms with van der Waals surface area (Å²) < 4.78 is 0. The molecule has 0 heterocycles. The summed E-state index contributed by atoms with van der Waals surface area (Å²) in [4.78, 5) is 4.79. The van der Waals surface area contributed by atoms with Gasteiger partial charge in [0.1, 0.15) is 0 Å². The van der Waals surface area contributed by atoms with Crippen molar-refractivity contribution in [3.05, 3.63) is 300 Å². The molecule has 0 bridgehead atoms. The standard InChI is InChI=1S/C70H64N2/c1-2-3-19-52-20-18-27-61(50-52)69(56-22-8-4-9-23-56)58-38-46-67(47-39-58)71(63-28-12-6-13-29-63)65-42-34-54(35-43-65)55-36-44-66(45-37-55)72(64-30-14-7-15-31-64)68-48-40-59(41-49-68)70(57-24-10-5-11-25-57)62-33-32-53-21-16-17-26-60(53)51-62/h2-4,6,8-10,12-14,18-20,22,24-25,27-51,56,69-70H,1,5,7,11,15-17,21,23,26H2. The maximum absolute atomic E-state index is 3.88. The van der Waals surface area contributed by atoms with Gasteiger partial charge < -0.3 is 9.80 Å². The zero-order valence-electron chi connectivity index (χ0n) is 41.4. The van der Waals surface area contributed by atoms with Crippen LogP contribution in [0.1, 0.15) is 95.7 Å². The summed E-state index contributed by atoms with van der Waals surface area (Å²) in [6, 6.07) is 63.8. The van der Waals surface area contributed by atoms with Crippen molar-refractivity contribution >= 4 is 34.5 Å². The Labute approximate surface area is 428 Å². The highest BCUT2D eigenvalue weighted by molar-refractivity contribution is 5.79. The molecule has 3 atom stereocenters. The Morgan fingerprint density at radius 3 is 1.75 bits per heavy atom. The van der Waals surface area contributed by atoms with Crippen LogP contribution >= 0.6 is 0 Å². The third-order valence-electron chi connectivity index (χ3n) is 15.0. The van der Waals surface area contributed by atoms with Crippen molar-refractivity contribution in [2.75, 3.05) is 9.80 Å². The molecule has 2 nitrogen and oxygen atoms in total. The average molecular weight is 933 g/mol. The highest BCUT2D eigenvalue weighted by atomic mass is 15.1. The molecule has 0 saturated carbocycles. The number of anilines is 5. The average Bonchev–Trinajstić information content (AvgIpc) is 3.45. The molecule has 4 aliphatic rings. The molecule has 0 aromatic heterocycles. The summed E-state index contributed by atoms with van der Waals surface area (Å²) in [6.45, 7) is 3.88. The minimum absolute atomic E-state index is 0.218. The number of fused-ring (bicyclic) bond motifs is 1. The maximum atomic E-state index is 3.88. The second kappa shape index (κ2) is 22.0. The lowest BCUT2D eigenvalue weighted by molar-refractivity contribution is 0.572. The van der Waals surface area contributed by atoms with E-state index in [1.54, 1.807) is 5.56 Å². The molecular weight excluding hydrogens is 869 g/mol. The van der Waals surface area contributed by atoms with E-state index < -0.39 is 0 Å². The zero-order valence-corrected chi connectivity index (χ0v) is 41.4. The third-order valence-corrected chi connectivity index (χ3v) is 15.0. The smallest absolute Gasteiger partial charge is 0.0462 e. The molecule has 354 valence electrons. The van der Waals surface area contributed by atoms with Gasteiger partial charge in [0.2, 0.25) is 0 Å². The molecule has 2 heteroatoms. The highest BCUT2D eigenvalue weighted by Gasteiger charge is 2.26. The Balaban J connectivity index is 0.865. The van der Waals surface area contributed by atoms with E-state index in [0.29, 0.717) is 5.92 Å². The Kier molecular flexibility index (Phi) is 14.2. The number of para-hydroxylation sites is 1. The first-order valence-electron chi connectivity index (χ1n) is 26.3. The van der Waals surface area contributed by atoms with Crippen LogP contribution in [-0.2, 0) is 12.8 Å². The number of benzene rings is 7. The first-order chi connectivity index (χ1) is 35.7. The highest BCUT2D eigenvalue weighted by Crippen LogP contribution is 2.43. The molecule has 4 aliphatic carbocycles. The molecule has 7 aromatic rings. The van der Waals surface area contributed by atoms with Crippen LogP contribution in [-0.4, -0.2) is 0 Å². The molecule has 72 heavy (non-hydrogen) atoms. The number of aryl methyl sites for hydroxylation is 2. The Morgan fingerprint density at radius 1 is 0.486 bits per heavy atom. The molecule has 7 aromatic carbocycles. The van der Waals surface area contributed by atoms with Gasteiger partial charge in [0.15, 0.2) is 0 Å². The van der Waals surface area contributed by atoms with E-state index in [1.807, 2.05) is 12.2 Å². The van der Waals surface area contributed by atoms with Gasteiger partial charge >= 0.3 is 0 Å². The lowest BCUT2D eigenvalue weighted by Gasteiger charge is -2.29. The van der Waals surface area contributed by atoms with Crippen LogP contribution in [0.5, 0.6) is 0 Å². The molecule has 3 unspecified atom stereocenters. The topological polar surface area (TPSA) is 6.48 Å². The lowest BCUT2D eigenvalue weighted by atomic mass is 9.77. The van der Waals surface area contributed by atoms with E-state index in [1.165, 1.54) is 87.1 Å². The van der Waals surface area contributed by atoms with E-state index in [0.717, 1.165) is 54.9 Å². The number of hydrogen-bond acceptors (Lipinski definition) is 2. The van der Waals surface area contributed by atoms with Crippen LogP contribution in [0, 0.1) is 5.92 Å². The summed E-state index contributed by atoms with van der Waals surface area (Å²) in [7, 11) is 0. The fourth-order valence-corrected chi connectivity index (χ4v) is 11.4. The number of hydrogen-bond donors (Lipinski definition) is 0. The second-order valence-corrected chi connectivity index (χ2v) is 19.7. The van der Waals surface area contributed by atoms with Gasteiger partial charge in [-0.2, -0.15) is 0 Å². The molecule has 0 amide bonds. The quantitative estimate of drug-likeness (QED) is 0.0946. The third kappa shape index (κ3) is 10.3. The minimum Gasteiger partial charge on any atom is -0.311 e. The number of nitrogens with zero attached hydrogens (tertiary/aromatic N) is 2. The van der Waals surface area contributed by atoms with Gasteiger partial charge in [-0.25, -0.2) is 0 Å². The van der Waals surface area contributed by atoms with E-state index in [9.17, 15) is 0 Å². The molecule has 11 rings (SSSR count). The van der Waals surface area contributed by atoms with Crippen molar-refractivity contribution in [3.8, 4) is 11.1 Å². The first kappa shape index (κ1) is 46.4. The second-order valence-electron chi connectivity index (χ2n) is 19.7. The minimum atomic E-state index is 0.218. The van der Waals surface area contributed by atoms with Crippen LogP contribution in [0.2, 0.25) is 0 Å². The number of allylic oxidation sites excluding steroid dienone is 13. The normalized spacial score (nSPS) is 16.9. The molecule has 0 fully saturated rings. The van der Waals surface area contributed by atoms with Crippen molar-refractivity contribution in [1.82, 2.24) is 0 Å². The van der Waals surface area contributed by atoms with Crippen molar-refractivity contribution in [1.29, 1.82) is 0 Å². The molecule has 0 radical (unpaired) electrons. The molecule has 0 N–H and O–H groups in total. The predicted molar refractivity (Wildman–Crippen MR) is 307 cm³/mol. The molecule has 0 spiro atoms. The Hall–Kier alpha value is -7.94. The van der Waals surface area contributed by atoms with E-state index in [-0.39, 0.29) is 11.8 Å². The van der Waals surface area contributed by atoms with Gasteiger partial charge in [0.05, 0.1) is 0 Å². The lowest BCUT2D eigenvalue weighted by Crippen LogP contribution is -2.16. The van der Waals surface area contributed by atoms with Crippen molar-refractivity contribution < 1.29 is 0 Å². The summed E-state index contributed by atoms with van der Waals surface area (Å²) in [5.41, 5.74) is 20.3. The van der Waals surface area contributed by atoms with E-state index >= 15 is 0 Å². The van der Waals surface area contributed by atoms with Crippen LogP contribution in [0.3, 0.4) is 0 Å². The maximum Gasteiger partial charge on any atom is 0.0462 e. The molecular formula is C70H64N2. The fourth-order valence-electron chi connectivity index (χ4n) is 11.4. The monoisotopic (exact) mass is 933 g/mol. The number of rotatable bonds is 15. The van der Waals surface area contributed by atoms with Gasteiger partial charge in [-0.3, -0.25) is 0 Å². The largest absolute Gasteiger partial charge is 0.311 e.